The summed E-state index contributed by atoms with van der Waals surface area (Å²) in [4.78, 5) is 16.2. The van der Waals surface area contributed by atoms with Gasteiger partial charge in [-0.2, -0.15) is 0 Å². The zero-order valence-electron chi connectivity index (χ0n) is 10.8. The summed E-state index contributed by atoms with van der Waals surface area (Å²) in [5.41, 5.74) is 0.767. The zero-order chi connectivity index (χ0) is 13.7. The van der Waals surface area contributed by atoms with Crippen molar-refractivity contribution in [1.82, 2.24) is 9.80 Å². The van der Waals surface area contributed by atoms with Gasteiger partial charge in [-0.1, -0.05) is 17.7 Å². The van der Waals surface area contributed by atoms with E-state index in [1.165, 1.54) is 0 Å². The van der Waals surface area contributed by atoms with Crippen LogP contribution >= 0.6 is 11.6 Å². The Morgan fingerprint density at radius 1 is 1.26 bits per heavy atom. The van der Waals surface area contributed by atoms with Crippen LogP contribution in [0.25, 0.3) is 0 Å². The molecule has 0 radical (unpaired) electrons. The van der Waals surface area contributed by atoms with E-state index in [1.54, 1.807) is 24.3 Å². The number of urea groups is 1. The molecule has 0 aliphatic carbocycles. The molecule has 0 bridgehead atoms. The minimum absolute atomic E-state index is 0.0550. The molecule has 0 atom stereocenters. The molecule has 0 aromatic heterocycles. The maximum absolute atomic E-state index is 12.1. The predicted molar refractivity (Wildman–Crippen MR) is 78.7 cm³/mol. The van der Waals surface area contributed by atoms with Crippen LogP contribution in [0, 0.1) is 0 Å². The highest BCUT2D eigenvalue weighted by Crippen LogP contribution is 2.14. The monoisotopic (exact) mass is 279 g/mol. The summed E-state index contributed by atoms with van der Waals surface area (Å²) in [5.74, 6) is 0. The van der Waals surface area contributed by atoms with Crippen LogP contribution in [0.15, 0.2) is 36.9 Å². The summed E-state index contributed by atoms with van der Waals surface area (Å²) < 4.78 is 0. The van der Waals surface area contributed by atoms with Crippen molar-refractivity contribution in [3.8, 4) is 0 Å². The number of rotatable bonds is 3. The average molecular weight is 280 g/mol. The highest BCUT2D eigenvalue weighted by Gasteiger charge is 2.20. The Hall–Kier alpha value is -1.52. The topological polar surface area (TPSA) is 35.6 Å². The molecule has 1 fully saturated rings. The molecule has 1 N–H and O–H groups in total. The van der Waals surface area contributed by atoms with Crippen molar-refractivity contribution >= 4 is 23.3 Å². The van der Waals surface area contributed by atoms with Crippen LogP contribution < -0.4 is 5.32 Å². The average Bonchev–Trinajstić information content (AvgIpc) is 2.42. The number of halogens is 1. The Kier molecular flexibility index (Phi) is 4.82. The van der Waals surface area contributed by atoms with E-state index in [2.05, 4.69) is 16.8 Å². The van der Waals surface area contributed by atoms with Crippen LogP contribution in [0.3, 0.4) is 0 Å². The molecule has 0 spiro atoms. The number of benzene rings is 1. The molecule has 2 rings (SSSR count). The first-order valence-corrected chi connectivity index (χ1v) is 6.71. The molecule has 2 amide bonds. The minimum Gasteiger partial charge on any atom is -0.322 e. The fourth-order valence-corrected chi connectivity index (χ4v) is 2.18. The lowest BCUT2D eigenvalue weighted by molar-refractivity contribution is 0.156. The summed E-state index contributed by atoms with van der Waals surface area (Å²) in [6.07, 6.45) is 1.89. The third-order valence-electron chi connectivity index (χ3n) is 3.14. The Morgan fingerprint density at radius 3 is 2.47 bits per heavy atom. The van der Waals surface area contributed by atoms with Crippen LogP contribution in [-0.2, 0) is 0 Å². The molecule has 4 nitrogen and oxygen atoms in total. The fourth-order valence-electron chi connectivity index (χ4n) is 2.05. The molecule has 1 aliphatic heterocycles. The van der Waals surface area contributed by atoms with Crippen LogP contribution in [-0.4, -0.2) is 48.6 Å². The number of hydrogen-bond acceptors (Lipinski definition) is 2. The number of nitrogens with one attached hydrogen (secondary N) is 1. The van der Waals surface area contributed by atoms with Gasteiger partial charge in [0.2, 0.25) is 0 Å². The number of anilines is 1. The van der Waals surface area contributed by atoms with E-state index in [4.69, 9.17) is 11.6 Å². The van der Waals surface area contributed by atoms with E-state index in [0.29, 0.717) is 5.02 Å². The number of carbonyl (C=O) groups excluding carboxylic acids is 1. The van der Waals surface area contributed by atoms with E-state index in [9.17, 15) is 4.79 Å². The van der Waals surface area contributed by atoms with Gasteiger partial charge < -0.3 is 10.2 Å². The van der Waals surface area contributed by atoms with E-state index in [0.717, 1.165) is 38.4 Å². The van der Waals surface area contributed by atoms with Gasteiger partial charge in [0, 0.05) is 43.4 Å². The molecule has 1 saturated heterocycles. The largest absolute Gasteiger partial charge is 0.322 e. The Morgan fingerprint density at radius 2 is 1.89 bits per heavy atom. The predicted octanol–water partition coefficient (Wildman–Crippen LogP) is 2.68. The van der Waals surface area contributed by atoms with E-state index >= 15 is 0 Å². The molecular weight excluding hydrogens is 262 g/mol. The Bertz CT molecular complexity index is 439. The summed E-state index contributed by atoms with van der Waals surface area (Å²) in [5, 5.41) is 3.54. The molecule has 5 heteroatoms. The third kappa shape index (κ3) is 3.98. The molecule has 1 aromatic carbocycles. The molecule has 1 aliphatic rings. The van der Waals surface area contributed by atoms with Gasteiger partial charge in [0.05, 0.1) is 0 Å². The first-order valence-electron chi connectivity index (χ1n) is 6.34. The first kappa shape index (κ1) is 13.9. The van der Waals surface area contributed by atoms with Crippen molar-refractivity contribution in [3.63, 3.8) is 0 Å². The van der Waals surface area contributed by atoms with Gasteiger partial charge in [-0.3, -0.25) is 4.90 Å². The fraction of sp³-hybridized carbons (Fsp3) is 0.357. The van der Waals surface area contributed by atoms with Crippen molar-refractivity contribution in [2.24, 2.45) is 0 Å². The smallest absolute Gasteiger partial charge is 0.321 e. The summed E-state index contributed by atoms with van der Waals surface area (Å²) >= 11 is 5.81. The lowest BCUT2D eigenvalue weighted by Gasteiger charge is -2.34. The normalized spacial score (nSPS) is 16.2. The zero-order valence-corrected chi connectivity index (χ0v) is 11.6. The van der Waals surface area contributed by atoms with Gasteiger partial charge in [-0.05, 0) is 24.3 Å². The van der Waals surface area contributed by atoms with Crippen LogP contribution in [0.5, 0.6) is 0 Å². The van der Waals surface area contributed by atoms with E-state index < -0.39 is 0 Å². The Labute approximate surface area is 118 Å². The molecule has 19 heavy (non-hydrogen) atoms. The number of amides is 2. The summed E-state index contributed by atoms with van der Waals surface area (Å²) in [6.45, 7) is 7.87. The molecule has 102 valence electrons. The highest BCUT2D eigenvalue weighted by atomic mass is 35.5. The number of piperazine rings is 1. The maximum atomic E-state index is 12.1. The molecular formula is C14H18ClN3O. The molecule has 1 aromatic rings. The first-order chi connectivity index (χ1) is 9.19. The van der Waals surface area contributed by atoms with Gasteiger partial charge in [0.15, 0.2) is 0 Å². The SMILES string of the molecule is C=CCN1CCN(C(=O)Nc2ccc(Cl)cc2)CC1. The van der Waals surface area contributed by atoms with Crippen LogP contribution in [0.2, 0.25) is 5.02 Å². The molecule has 0 saturated carbocycles. The standard InChI is InChI=1S/C14H18ClN3O/c1-2-7-17-8-10-18(11-9-17)14(19)16-13-5-3-12(15)4-6-13/h2-6H,1,7-11H2,(H,16,19). The second kappa shape index (κ2) is 6.59. The van der Waals surface area contributed by atoms with Gasteiger partial charge in [-0.25, -0.2) is 4.79 Å². The molecule has 0 unspecified atom stereocenters. The molecule has 1 heterocycles. The van der Waals surface area contributed by atoms with Crippen LogP contribution in [0.1, 0.15) is 0 Å². The van der Waals surface area contributed by atoms with Crippen LogP contribution in [0.4, 0.5) is 10.5 Å². The minimum atomic E-state index is -0.0550. The van der Waals surface area contributed by atoms with Crippen molar-refractivity contribution in [1.29, 1.82) is 0 Å². The van der Waals surface area contributed by atoms with Gasteiger partial charge in [0.1, 0.15) is 0 Å². The maximum Gasteiger partial charge on any atom is 0.321 e. The Balaban J connectivity index is 1.84. The van der Waals surface area contributed by atoms with Gasteiger partial charge >= 0.3 is 6.03 Å². The lowest BCUT2D eigenvalue weighted by atomic mass is 10.3. The number of hydrogen-bond donors (Lipinski definition) is 1. The second-order valence-electron chi connectivity index (χ2n) is 4.51. The number of nitrogens with zero attached hydrogens (tertiary/aromatic N) is 2. The quantitative estimate of drug-likeness (QED) is 0.864. The van der Waals surface area contributed by atoms with Gasteiger partial charge in [0.25, 0.3) is 0 Å². The van der Waals surface area contributed by atoms with Gasteiger partial charge in [-0.15, -0.1) is 6.58 Å². The third-order valence-corrected chi connectivity index (χ3v) is 3.39. The number of carbonyl (C=O) groups is 1. The lowest BCUT2D eigenvalue weighted by Crippen LogP contribution is -2.49. The highest BCUT2D eigenvalue weighted by molar-refractivity contribution is 6.30. The van der Waals surface area contributed by atoms with Crippen molar-refractivity contribution in [3.05, 3.63) is 41.9 Å². The van der Waals surface area contributed by atoms with E-state index in [-0.39, 0.29) is 6.03 Å². The van der Waals surface area contributed by atoms with Crippen molar-refractivity contribution < 1.29 is 4.79 Å². The summed E-state index contributed by atoms with van der Waals surface area (Å²) in [6, 6.07) is 7.07. The van der Waals surface area contributed by atoms with E-state index in [1.807, 2.05) is 11.0 Å². The van der Waals surface area contributed by atoms with Crippen molar-refractivity contribution in [2.45, 2.75) is 0 Å². The summed E-state index contributed by atoms with van der Waals surface area (Å²) in [7, 11) is 0. The second-order valence-corrected chi connectivity index (χ2v) is 4.95. The van der Waals surface area contributed by atoms with Crippen molar-refractivity contribution in [2.75, 3.05) is 38.0 Å².